The summed E-state index contributed by atoms with van der Waals surface area (Å²) in [6.45, 7) is 1.64. The Morgan fingerprint density at radius 2 is 1.64 bits per heavy atom. The largest absolute Gasteiger partial charge is 0.376 e. The quantitative estimate of drug-likeness (QED) is 0.804. The molecule has 0 heterocycles. The number of hydrogen-bond donors (Lipinski definition) is 1. The van der Waals surface area contributed by atoms with E-state index in [9.17, 15) is 13.2 Å². The molecule has 0 saturated heterocycles. The zero-order chi connectivity index (χ0) is 18.1. The zero-order valence-corrected chi connectivity index (χ0v) is 15.1. The minimum absolute atomic E-state index is 0.0982. The van der Waals surface area contributed by atoms with Crippen LogP contribution in [0.25, 0.3) is 0 Å². The fourth-order valence-corrected chi connectivity index (χ4v) is 4.29. The van der Waals surface area contributed by atoms with Gasteiger partial charge in [-0.25, -0.2) is 13.1 Å². The standard InChI is InChI=1S/C19H21NO4S/c1-14(21)15-7-9-18(10-8-15)25(22,23)20-13-19(24-2)11-16-5-3-4-6-17(16)12-19/h3-10,20H,11-13H2,1-2H3. The molecule has 0 radical (unpaired) electrons. The zero-order valence-electron chi connectivity index (χ0n) is 14.3. The first-order chi connectivity index (χ1) is 11.9. The smallest absolute Gasteiger partial charge is 0.240 e. The molecule has 132 valence electrons. The van der Waals surface area contributed by atoms with Gasteiger partial charge in [-0.3, -0.25) is 4.79 Å². The second-order valence-corrected chi connectivity index (χ2v) is 8.18. The number of sulfonamides is 1. The Kier molecular flexibility index (Phi) is 4.77. The van der Waals surface area contributed by atoms with Crippen molar-refractivity contribution in [2.75, 3.05) is 13.7 Å². The fraction of sp³-hybridized carbons (Fsp3) is 0.316. The molecule has 0 amide bonds. The van der Waals surface area contributed by atoms with Gasteiger partial charge in [-0.15, -0.1) is 0 Å². The first-order valence-corrected chi connectivity index (χ1v) is 9.56. The van der Waals surface area contributed by atoms with Crippen molar-refractivity contribution in [1.29, 1.82) is 0 Å². The van der Waals surface area contributed by atoms with Crippen LogP contribution in [0.5, 0.6) is 0 Å². The Morgan fingerprint density at radius 1 is 1.08 bits per heavy atom. The molecule has 6 heteroatoms. The molecule has 0 unspecified atom stereocenters. The van der Waals surface area contributed by atoms with E-state index in [0.29, 0.717) is 18.4 Å². The fourth-order valence-electron chi connectivity index (χ4n) is 3.18. The number of carbonyl (C=O) groups is 1. The number of fused-ring (bicyclic) bond motifs is 1. The molecule has 1 aliphatic rings. The predicted octanol–water partition coefficient (Wildman–Crippen LogP) is 2.35. The van der Waals surface area contributed by atoms with Crippen LogP contribution in [0.1, 0.15) is 28.4 Å². The molecule has 1 aliphatic carbocycles. The monoisotopic (exact) mass is 359 g/mol. The van der Waals surface area contributed by atoms with Crippen LogP contribution in [0.2, 0.25) is 0 Å². The molecular formula is C19H21NO4S. The van der Waals surface area contributed by atoms with Gasteiger partial charge >= 0.3 is 0 Å². The molecule has 0 bridgehead atoms. The number of hydrogen-bond acceptors (Lipinski definition) is 4. The summed E-state index contributed by atoms with van der Waals surface area (Å²) in [5.74, 6) is -0.0982. The van der Waals surface area contributed by atoms with E-state index in [2.05, 4.69) is 4.72 Å². The van der Waals surface area contributed by atoms with Crippen LogP contribution in [0.15, 0.2) is 53.4 Å². The molecule has 3 rings (SSSR count). The highest BCUT2D eigenvalue weighted by molar-refractivity contribution is 7.89. The maximum Gasteiger partial charge on any atom is 0.240 e. The summed E-state index contributed by atoms with van der Waals surface area (Å²) in [6.07, 6.45) is 1.34. The van der Waals surface area contributed by atoms with E-state index in [4.69, 9.17) is 4.74 Å². The number of nitrogens with one attached hydrogen (secondary N) is 1. The Bertz CT molecular complexity index is 863. The van der Waals surface area contributed by atoms with Crippen LogP contribution in [-0.4, -0.2) is 33.5 Å². The molecule has 5 nitrogen and oxygen atoms in total. The summed E-state index contributed by atoms with van der Waals surface area (Å²) in [7, 11) is -2.05. The summed E-state index contributed by atoms with van der Waals surface area (Å²) in [6, 6.07) is 14.0. The van der Waals surface area contributed by atoms with Crippen molar-refractivity contribution in [2.24, 2.45) is 0 Å². The van der Waals surface area contributed by atoms with Gasteiger partial charge < -0.3 is 4.74 Å². The van der Waals surface area contributed by atoms with Crippen molar-refractivity contribution in [2.45, 2.75) is 30.3 Å². The lowest BCUT2D eigenvalue weighted by Crippen LogP contribution is -2.45. The molecule has 2 aromatic carbocycles. The van der Waals surface area contributed by atoms with Gasteiger partial charge in [0.25, 0.3) is 0 Å². The molecular weight excluding hydrogens is 338 g/mol. The number of carbonyl (C=O) groups excluding carboxylic acids is 1. The lowest BCUT2D eigenvalue weighted by atomic mass is 10.0. The minimum atomic E-state index is -3.67. The summed E-state index contributed by atoms with van der Waals surface area (Å²) in [5.41, 5.74) is 2.29. The third kappa shape index (κ3) is 3.66. The van der Waals surface area contributed by atoms with Crippen molar-refractivity contribution in [3.63, 3.8) is 0 Å². The van der Waals surface area contributed by atoms with E-state index in [-0.39, 0.29) is 17.2 Å². The predicted molar refractivity (Wildman–Crippen MR) is 95.2 cm³/mol. The average Bonchev–Trinajstić information content (AvgIpc) is 2.99. The Morgan fingerprint density at radius 3 is 2.12 bits per heavy atom. The molecule has 0 atom stereocenters. The van der Waals surface area contributed by atoms with E-state index in [1.54, 1.807) is 7.11 Å². The van der Waals surface area contributed by atoms with Crippen LogP contribution >= 0.6 is 0 Å². The minimum Gasteiger partial charge on any atom is -0.376 e. The maximum absolute atomic E-state index is 12.5. The van der Waals surface area contributed by atoms with Gasteiger partial charge in [0.2, 0.25) is 10.0 Å². The van der Waals surface area contributed by atoms with Crippen molar-refractivity contribution in [1.82, 2.24) is 4.72 Å². The van der Waals surface area contributed by atoms with Gasteiger partial charge in [0, 0.05) is 32.1 Å². The summed E-state index contributed by atoms with van der Waals surface area (Å²) in [5, 5.41) is 0. The molecule has 2 aromatic rings. The van der Waals surface area contributed by atoms with Crippen LogP contribution in [0.3, 0.4) is 0 Å². The van der Waals surface area contributed by atoms with Gasteiger partial charge in [0.1, 0.15) is 0 Å². The molecule has 25 heavy (non-hydrogen) atoms. The van der Waals surface area contributed by atoms with E-state index < -0.39 is 15.6 Å². The van der Waals surface area contributed by atoms with Crippen LogP contribution < -0.4 is 4.72 Å². The summed E-state index contributed by atoms with van der Waals surface area (Å²) >= 11 is 0. The van der Waals surface area contributed by atoms with Crippen LogP contribution in [0.4, 0.5) is 0 Å². The van der Waals surface area contributed by atoms with E-state index in [1.165, 1.54) is 42.3 Å². The maximum atomic E-state index is 12.5. The highest BCUT2D eigenvalue weighted by atomic mass is 32.2. The Labute approximate surface area is 148 Å². The second kappa shape index (κ2) is 6.71. The average molecular weight is 359 g/mol. The lowest BCUT2D eigenvalue weighted by Gasteiger charge is -2.27. The SMILES string of the molecule is COC1(CNS(=O)(=O)c2ccc(C(C)=O)cc2)Cc2ccccc2C1. The number of ketones is 1. The molecule has 0 spiro atoms. The Hall–Kier alpha value is -2.02. The first-order valence-electron chi connectivity index (χ1n) is 8.08. The van der Waals surface area contributed by atoms with Gasteiger partial charge in [0.15, 0.2) is 5.78 Å². The van der Waals surface area contributed by atoms with Crippen LogP contribution in [0, 0.1) is 0 Å². The van der Waals surface area contributed by atoms with E-state index >= 15 is 0 Å². The topological polar surface area (TPSA) is 72.5 Å². The number of benzene rings is 2. The Balaban J connectivity index is 1.74. The van der Waals surface area contributed by atoms with Crippen molar-refractivity contribution >= 4 is 15.8 Å². The number of ether oxygens (including phenoxy) is 1. The summed E-state index contributed by atoms with van der Waals surface area (Å²) in [4.78, 5) is 11.5. The number of methoxy groups -OCH3 is 1. The normalized spacial score (nSPS) is 15.8. The lowest BCUT2D eigenvalue weighted by molar-refractivity contribution is 0.00378. The van der Waals surface area contributed by atoms with Gasteiger partial charge in [-0.05, 0) is 30.2 Å². The van der Waals surface area contributed by atoms with E-state index in [1.807, 2.05) is 24.3 Å². The molecule has 0 fully saturated rings. The molecule has 1 N–H and O–H groups in total. The molecule has 0 aromatic heterocycles. The van der Waals surface area contributed by atoms with Crippen LogP contribution in [-0.2, 0) is 27.6 Å². The van der Waals surface area contributed by atoms with Crippen molar-refractivity contribution in [3.8, 4) is 0 Å². The third-order valence-electron chi connectivity index (χ3n) is 4.73. The van der Waals surface area contributed by atoms with Crippen molar-refractivity contribution in [3.05, 3.63) is 65.2 Å². The van der Waals surface area contributed by atoms with Gasteiger partial charge in [-0.1, -0.05) is 36.4 Å². The molecule has 0 saturated carbocycles. The van der Waals surface area contributed by atoms with Gasteiger partial charge in [-0.2, -0.15) is 0 Å². The molecule has 0 aliphatic heterocycles. The van der Waals surface area contributed by atoms with Gasteiger partial charge in [0.05, 0.1) is 10.5 Å². The number of rotatable bonds is 6. The highest BCUT2D eigenvalue weighted by Gasteiger charge is 2.38. The first kappa shape index (κ1) is 17.8. The third-order valence-corrected chi connectivity index (χ3v) is 6.15. The van der Waals surface area contributed by atoms with E-state index in [0.717, 1.165) is 0 Å². The second-order valence-electron chi connectivity index (χ2n) is 6.41. The summed E-state index contributed by atoms with van der Waals surface area (Å²) < 4.78 is 33.4. The highest BCUT2D eigenvalue weighted by Crippen LogP contribution is 2.32. The van der Waals surface area contributed by atoms with Crippen molar-refractivity contribution < 1.29 is 17.9 Å². The number of Topliss-reactive ketones (excluding diaryl/α,β-unsaturated/α-hetero) is 1.